The van der Waals surface area contributed by atoms with E-state index in [1.807, 2.05) is 0 Å². The maximum atomic E-state index is 2.53. The third-order valence-corrected chi connectivity index (χ3v) is 9.16. The predicted octanol–water partition coefficient (Wildman–Crippen LogP) is 2.94. The highest BCUT2D eigenvalue weighted by Gasteiger charge is 2.38. The van der Waals surface area contributed by atoms with Crippen molar-refractivity contribution in [1.29, 1.82) is 0 Å². The van der Waals surface area contributed by atoms with Crippen molar-refractivity contribution in [1.82, 2.24) is 4.57 Å². The van der Waals surface area contributed by atoms with Gasteiger partial charge in [-0.25, -0.2) is 0 Å². The van der Waals surface area contributed by atoms with Crippen molar-refractivity contribution in [3.8, 4) is 0 Å². The summed E-state index contributed by atoms with van der Waals surface area (Å²) >= 11 is 0. The Bertz CT molecular complexity index is 124. The highest BCUT2D eigenvalue weighted by Crippen LogP contribution is 2.37. The highest BCUT2D eigenvalue weighted by molar-refractivity contribution is 6.77. The van der Waals surface area contributed by atoms with Gasteiger partial charge in [0.2, 0.25) is 0 Å². The summed E-state index contributed by atoms with van der Waals surface area (Å²) in [7, 11) is 1.07. The lowest BCUT2D eigenvalue weighted by molar-refractivity contribution is 0.492. The summed E-state index contributed by atoms with van der Waals surface area (Å²) in [5.74, 6) is 0. The third-order valence-electron chi connectivity index (χ3n) is 3.26. The summed E-state index contributed by atoms with van der Waals surface area (Å²) in [6.45, 7) is 15.4. The summed E-state index contributed by atoms with van der Waals surface area (Å²) in [4.78, 5) is 0. The average molecular weight is 173 g/mol. The van der Waals surface area contributed by atoms with Gasteiger partial charge in [-0.1, -0.05) is 40.8 Å². The van der Waals surface area contributed by atoms with Gasteiger partial charge in [0.05, 0.1) is 0 Å². The first-order valence-corrected chi connectivity index (χ1v) is 7.39. The van der Waals surface area contributed by atoms with Gasteiger partial charge >= 0.3 is 0 Å². The maximum absolute atomic E-state index is 2.53. The Morgan fingerprint density at radius 3 is 1.64 bits per heavy atom. The highest BCUT2D eigenvalue weighted by atomic mass is 28.3. The molecule has 0 saturated heterocycles. The molecule has 0 aromatic carbocycles. The fourth-order valence-electron chi connectivity index (χ4n) is 0.968. The number of nitrogens with zero attached hydrogens (tertiary/aromatic N) is 1. The third kappa shape index (κ3) is 2.31. The van der Waals surface area contributed by atoms with Gasteiger partial charge < -0.3 is 4.57 Å². The Morgan fingerprint density at radius 2 is 1.55 bits per heavy atom. The molecule has 0 aliphatic heterocycles. The Balaban J connectivity index is 4.45. The molecule has 0 saturated carbocycles. The standard InChI is InChI=1S/C9H23NSi/c1-8-10(5)11(6,7)9(2,3)4/h8H2,1-7H3. The van der Waals surface area contributed by atoms with E-state index in [0.29, 0.717) is 5.04 Å². The fraction of sp³-hybridized carbons (Fsp3) is 1.00. The van der Waals surface area contributed by atoms with Crippen LogP contribution in [0.5, 0.6) is 0 Å². The lowest BCUT2D eigenvalue weighted by Crippen LogP contribution is -2.52. The van der Waals surface area contributed by atoms with E-state index in [1.54, 1.807) is 0 Å². The first-order chi connectivity index (χ1) is 4.73. The molecule has 0 aliphatic rings. The smallest absolute Gasteiger partial charge is 0.127 e. The lowest BCUT2D eigenvalue weighted by Gasteiger charge is -2.43. The summed E-state index contributed by atoms with van der Waals surface area (Å²) < 4.78 is 2.53. The van der Waals surface area contributed by atoms with Crippen molar-refractivity contribution in [2.45, 2.75) is 45.8 Å². The van der Waals surface area contributed by atoms with E-state index in [0.717, 1.165) is 0 Å². The topological polar surface area (TPSA) is 3.24 Å². The molecule has 0 N–H and O–H groups in total. The van der Waals surface area contributed by atoms with Crippen LogP contribution in [0, 0.1) is 0 Å². The van der Waals surface area contributed by atoms with Crippen molar-refractivity contribution in [2.75, 3.05) is 13.6 Å². The van der Waals surface area contributed by atoms with Gasteiger partial charge in [-0.2, -0.15) is 0 Å². The molecule has 0 radical (unpaired) electrons. The van der Waals surface area contributed by atoms with Crippen LogP contribution in [0.15, 0.2) is 0 Å². The van der Waals surface area contributed by atoms with Gasteiger partial charge in [0, 0.05) is 0 Å². The van der Waals surface area contributed by atoms with Crippen molar-refractivity contribution < 1.29 is 0 Å². The second-order valence-electron chi connectivity index (χ2n) is 4.82. The summed E-state index contributed by atoms with van der Waals surface area (Å²) in [6, 6.07) is 0. The fourth-order valence-corrected chi connectivity index (χ4v) is 2.90. The SMILES string of the molecule is CCN(C)[Si](C)(C)C(C)(C)C. The summed E-state index contributed by atoms with van der Waals surface area (Å²) in [5, 5.41) is 0.484. The van der Waals surface area contributed by atoms with E-state index in [2.05, 4.69) is 52.4 Å². The van der Waals surface area contributed by atoms with Crippen LogP contribution in [-0.4, -0.2) is 26.4 Å². The maximum Gasteiger partial charge on any atom is 0.127 e. The molecule has 0 spiro atoms. The van der Waals surface area contributed by atoms with Crippen LogP contribution >= 0.6 is 0 Å². The van der Waals surface area contributed by atoms with E-state index < -0.39 is 8.24 Å². The molecule has 0 heterocycles. The molecule has 0 aromatic heterocycles. The molecule has 0 aromatic rings. The molecule has 0 amide bonds. The molecule has 0 fully saturated rings. The zero-order valence-corrected chi connectivity index (χ0v) is 10.2. The van der Waals surface area contributed by atoms with E-state index in [4.69, 9.17) is 0 Å². The molecule has 0 atom stereocenters. The monoisotopic (exact) mass is 173 g/mol. The quantitative estimate of drug-likeness (QED) is 0.580. The van der Waals surface area contributed by atoms with Crippen molar-refractivity contribution >= 4 is 8.24 Å². The van der Waals surface area contributed by atoms with E-state index in [9.17, 15) is 0 Å². The minimum absolute atomic E-state index is 0.484. The van der Waals surface area contributed by atoms with Gasteiger partial charge in [-0.15, -0.1) is 0 Å². The van der Waals surface area contributed by atoms with Crippen LogP contribution in [0.3, 0.4) is 0 Å². The first-order valence-electron chi connectivity index (χ1n) is 4.44. The molecule has 68 valence electrons. The second-order valence-corrected chi connectivity index (χ2v) is 10.2. The molecular weight excluding hydrogens is 150 g/mol. The Kier molecular flexibility index (Phi) is 3.33. The van der Waals surface area contributed by atoms with E-state index in [1.165, 1.54) is 6.54 Å². The zero-order chi connectivity index (χ0) is 9.28. The Morgan fingerprint density at radius 1 is 1.18 bits per heavy atom. The van der Waals surface area contributed by atoms with Crippen LogP contribution in [0.2, 0.25) is 18.1 Å². The Hall–Kier alpha value is 0.177. The Labute approximate surface area is 72.9 Å². The minimum atomic E-state index is -1.17. The van der Waals surface area contributed by atoms with Gasteiger partial charge in [0.25, 0.3) is 0 Å². The van der Waals surface area contributed by atoms with E-state index >= 15 is 0 Å². The number of hydrogen-bond donors (Lipinski definition) is 0. The molecule has 0 aliphatic carbocycles. The molecule has 0 unspecified atom stereocenters. The molecule has 1 nitrogen and oxygen atoms in total. The van der Waals surface area contributed by atoms with Gasteiger partial charge in [-0.05, 0) is 18.6 Å². The lowest BCUT2D eigenvalue weighted by atomic mass is 10.2. The van der Waals surface area contributed by atoms with Crippen molar-refractivity contribution in [3.05, 3.63) is 0 Å². The van der Waals surface area contributed by atoms with Crippen LogP contribution in [-0.2, 0) is 0 Å². The second kappa shape index (κ2) is 3.28. The van der Waals surface area contributed by atoms with Crippen LogP contribution in [0.25, 0.3) is 0 Å². The minimum Gasteiger partial charge on any atom is -0.326 e. The molecule has 0 rings (SSSR count). The zero-order valence-electron chi connectivity index (χ0n) is 9.15. The van der Waals surface area contributed by atoms with Crippen molar-refractivity contribution in [3.63, 3.8) is 0 Å². The van der Waals surface area contributed by atoms with Crippen molar-refractivity contribution in [2.24, 2.45) is 0 Å². The number of hydrogen-bond acceptors (Lipinski definition) is 1. The first kappa shape index (κ1) is 11.2. The van der Waals surface area contributed by atoms with Crippen LogP contribution in [0.1, 0.15) is 27.7 Å². The number of rotatable bonds is 2. The van der Waals surface area contributed by atoms with Gasteiger partial charge in [0.1, 0.15) is 8.24 Å². The molecular formula is C9H23NSi. The summed E-state index contributed by atoms with van der Waals surface area (Å²) in [6.07, 6.45) is 0. The molecule has 0 bridgehead atoms. The van der Waals surface area contributed by atoms with Crippen LogP contribution < -0.4 is 0 Å². The average Bonchev–Trinajstić information content (AvgIpc) is 1.83. The van der Waals surface area contributed by atoms with Crippen LogP contribution in [0.4, 0.5) is 0 Å². The predicted molar refractivity (Wildman–Crippen MR) is 55.5 cm³/mol. The summed E-state index contributed by atoms with van der Waals surface area (Å²) in [5.41, 5.74) is 0. The molecule has 2 heteroatoms. The van der Waals surface area contributed by atoms with Gasteiger partial charge in [-0.3, -0.25) is 0 Å². The normalized spacial score (nSPS) is 14.2. The van der Waals surface area contributed by atoms with E-state index in [-0.39, 0.29) is 0 Å². The molecule has 11 heavy (non-hydrogen) atoms. The van der Waals surface area contributed by atoms with Gasteiger partial charge in [0.15, 0.2) is 0 Å². The largest absolute Gasteiger partial charge is 0.326 e.